The summed E-state index contributed by atoms with van der Waals surface area (Å²) in [5.41, 5.74) is -0.101. The predicted octanol–water partition coefficient (Wildman–Crippen LogP) is 2.47. The molecule has 1 aromatic rings. The fraction of sp³-hybridized carbons (Fsp3) is 0.438. The summed E-state index contributed by atoms with van der Waals surface area (Å²) in [6.45, 7) is 0.456. The number of nitrogens with zero attached hydrogens (tertiary/aromatic N) is 1. The maximum atomic E-state index is 13.3. The van der Waals surface area contributed by atoms with Crippen molar-refractivity contribution in [2.45, 2.75) is 25.6 Å². The number of amides is 3. The minimum atomic E-state index is -4.70. The minimum Gasteiger partial charge on any atom is -0.336 e. The van der Waals surface area contributed by atoms with Gasteiger partial charge in [0.2, 0.25) is 5.91 Å². The Hall–Kier alpha value is -2.43. The number of halogens is 6. The SMILES string of the molecule is CC(NC(=O)C(=O)N1CCC(C(=O)Nc2cc(F)c(F)c(Cl)c2)C1)C(F)(F)F. The van der Waals surface area contributed by atoms with Crippen molar-refractivity contribution in [2.24, 2.45) is 5.92 Å². The van der Waals surface area contributed by atoms with Crippen molar-refractivity contribution in [3.8, 4) is 0 Å². The summed E-state index contributed by atoms with van der Waals surface area (Å²) in [5.74, 6) is -6.58. The molecule has 154 valence electrons. The fourth-order valence-corrected chi connectivity index (χ4v) is 2.72. The summed E-state index contributed by atoms with van der Waals surface area (Å²) in [5, 5.41) is 3.33. The van der Waals surface area contributed by atoms with Crippen LogP contribution in [0.25, 0.3) is 0 Å². The number of benzene rings is 1. The van der Waals surface area contributed by atoms with E-state index in [9.17, 15) is 36.3 Å². The Morgan fingerprint density at radius 3 is 2.46 bits per heavy atom. The molecule has 1 aromatic carbocycles. The average molecular weight is 428 g/mol. The highest BCUT2D eigenvalue weighted by molar-refractivity contribution is 6.35. The van der Waals surface area contributed by atoms with Gasteiger partial charge >= 0.3 is 18.0 Å². The van der Waals surface area contributed by atoms with Crippen LogP contribution in [-0.4, -0.2) is 47.9 Å². The standard InChI is InChI=1S/C16H15ClF5N3O3/c1-7(16(20,21)22)23-14(27)15(28)25-3-2-8(6-25)13(26)24-9-4-10(17)12(19)11(18)5-9/h4-5,7-8H,2-3,6H2,1H3,(H,23,27)(H,24,26). The van der Waals surface area contributed by atoms with Gasteiger partial charge in [-0.1, -0.05) is 11.6 Å². The molecular formula is C16H15ClF5N3O3. The molecule has 2 rings (SSSR count). The summed E-state index contributed by atoms with van der Waals surface area (Å²) in [6, 6.07) is -0.478. The van der Waals surface area contributed by atoms with Crippen molar-refractivity contribution in [3.05, 3.63) is 28.8 Å². The van der Waals surface area contributed by atoms with Gasteiger partial charge in [-0.3, -0.25) is 14.4 Å². The average Bonchev–Trinajstić information content (AvgIpc) is 3.08. The smallest absolute Gasteiger partial charge is 0.336 e. The van der Waals surface area contributed by atoms with Gasteiger partial charge in [0.15, 0.2) is 11.6 Å². The first-order valence-electron chi connectivity index (χ1n) is 8.02. The van der Waals surface area contributed by atoms with Crippen LogP contribution < -0.4 is 10.6 Å². The van der Waals surface area contributed by atoms with E-state index in [4.69, 9.17) is 11.6 Å². The van der Waals surface area contributed by atoms with Gasteiger partial charge in [-0.25, -0.2) is 8.78 Å². The molecule has 0 saturated carbocycles. The van der Waals surface area contributed by atoms with E-state index in [1.54, 1.807) is 5.32 Å². The number of hydrogen-bond acceptors (Lipinski definition) is 3. The van der Waals surface area contributed by atoms with Crippen LogP contribution in [0.2, 0.25) is 5.02 Å². The van der Waals surface area contributed by atoms with E-state index in [1.165, 1.54) is 0 Å². The molecular weight excluding hydrogens is 413 g/mol. The zero-order valence-electron chi connectivity index (χ0n) is 14.4. The molecule has 1 saturated heterocycles. The molecule has 6 nitrogen and oxygen atoms in total. The summed E-state index contributed by atoms with van der Waals surface area (Å²) >= 11 is 5.49. The normalized spacial score (nSPS) is 18.0. The van der Waals surface area contributed by atoms with E-state index < -0.39 is 52.5 Å². The first kappa shape index (κ1) is 21.9. The van der Waals surface area contributed by atoms with Gasteiger partial charge in [0.1, 0.15) is 6.04 Å². The van der Waals surface area contributed by atoms with Gasteiger partial charge in [0, 0.05) is 24.8 Å². The third-order valence-electron chi connectivity index (χ3n) is 4.13. The highest BCUT2D eigenvalue weighted by atomic mass is 35.5. The second-order valence-electron chi connectivity index (χ2n) is 6.22. The Bertz CT molecular complexity index is 779. The topological polar surface area (TPSA) is 78.5 Å². The Morgan fingerprint density at radius 2 is 1.89 bits per heavy atom. The zero-order valence-corrected chi connectivity index (χ0v) is 15.1. The molecule has 1 heterocycles. The van der Waals surface area contributed by atoms with Crippen LogP contribution in [0.15, 0.2) is 12.1 Å². The molecule has 0 radical (unpaired) electrons. The van der Waals surface area contributed by atoms with E-state index >= 15 is 0 Å². The molecule has 0 aromatic heterocycles. The molecule has 2 unspecified atom stereocenters. The maximum Gasteiger partial charge on any atom is 0.408 e. The molecule has 0 bridgehead atoms. The predicted molar refractivity (Wildman–Crippen MR) is 88.3 cm³/mol. The number of anilines is 1. The van der Waals surface area contributed by atoms with E-state index in [1.807, 2.05) is 0 Å². The molecule has 3 amide bonds. The van der Waals surface area contributed by atoms with Gasteiger partial charge in [-0.2, -0.15) is 13.2 Å². The van der Waals surface area contributed by atoms with E-state index in [0.717, 1.165) is 17.0 Å². The third kappa shape index (κ3) is 5.09. The van der Waals surface area contributed by atoms with E-state index in [-0.39, 0.29) is 25.2 Å². The minimum absolute atomic E-state index is 0.0245. The Kier molecular flexibility index (Phi) is 6.48. The lowest BCUT2D eigenvalue weighted by Crippen LogP contribution is -2.49. The van der Waals surface area contributed by atoms with Gasteiger partial charge in [0.25, 0.3) is 0 Å². The number of hydrogen-bond donors (Lipinski definition) is 2. The highest BCUT2D eigenvalue weighted by Gasteiger charge is 2.40. The molecule has 1 aliphatic rings. The van der Waals surface area contributed by atoms with Crippen molar-refractivity contribution in [1.29, 1.82) is 0 Å². The zero-order chi connectivity index (χ0) is 21.2. The molecule has 28 heavy (non-hydrogen) atoms. The third-order valence-corrected chi connectivity index (χ3v) is 4.41. The van der Waals surface area contributed by atoms with Gasteiger partial charge < -0.3 is 15.5 Å². The largest absolute Gasteiger partial charge is 0.408 e. The molecule has 0 aliphatic carbocycles. The quantitative estimate of drug-likeness (QED) is 0.442. The van der Waals surface area contributed by atoms with Gasteiger partial charge in [-0.15, -0.1) is 0 Å². The lowest BCUT2D eigenvalue weighted by atomic mass is 10.1. The van der Waals surface area contributed by atoms with Crippen molar-refractivity contribution >= 4 is 35.0 Å². The number of nitrogens with one attached hydrogen (secondary N) is 2. The van der Waals surface area contributed by atoms with Crippen molar-refractivity contribution in [2.75, 3.05) is 18.4 Å². The number of carbonyl (C=O) groups is 3. The van der Waals surface area contributed by atoms with E-state index in [2.05, 4.69) is 5.32 Å². The molecule has 2 atom stereocenters. The number of carbonyl (C=O) groups excluding carboxylic acids is 3. The monoisotopic (exact) mass is 427 g/mol. The molecule has 0 spiro atoms. The Balaban J connectivity index is 1.94. The van der Waals surface area contributed by atoms with Crippen LogP contribution in [0, 0.1) is 17.6 Å². The first-order chi connectivity index (χ1) is 12.9. The molecule has 1 aliphatic heterocycles. The van der Waals surface area contributed by atoms with Crippen LogP contribution >= 0.6 is 11.6 Å². The molecule has 12 heteroatoms. The summed E-state index contributed by atoms with van der Waals surface area (Å²) in [6.07, 6.45) is -4.56. The fourth-order valence-electron chi connectivity index (χ4n) is 2.51. The maximum absolute atomic E-state index is 13.3. The highest BCUT2D eigenvalue weighted by Crippen LogP contribution is 2.25. The number of likely N-dealkylation sites (tertiary alicyclic amines) is 1. The molecule has 2 N–H and O–H groups in total. The second kappa shape index (κ2) is 8.29. The van der Waals surface area contributed by atoms with E-state index in [0.29, 0.717) is 6.92 Å². The van der Waals surface area contributed by atoms with Crippen LogP contribution in [0.1, 0.15) is 13.3 Å². The number of alkyl halides is 3. The lowest BCUT2D eigenvalue weighted by molar-refractivity contribution is -0.162. The summed E-state index contributed by atoms with van der Waals surface area (Å²) in [7, 11) is 0. The van der Waals surface area contributed by atoms with Crippen molar-refractivity contribution in [3.63, 3.8) is 0 Å². The van der Waals surface area contributed by atoms with Crippen LogP contribution in [0.5, 0.6) is 0 Å². The molecule has 1 fully saturated rings. The van der Waals surface area contributed by atoms with Gasteiger partial charge in [-0.05, 0) is 19.4 Å². The van der Waals surface area contributed by atoms with Crippen molar-refractivity contribution < 1.29 is 36.3 Å². The summed E-state index contributed by atoms with van der Waals surface area (Å²) in [4.78, 5) is 36.8. The van der Waals surface area contributed by atoms with Gasteiger partial charge in [0.05, 0.1) is 10.9 Å². The van der Waals surface area contributed by atoms with Crippen LogP contribution in [-0.2, 0) is 14.4 Å². The first-order valence-corrected chi connectivity index (χ1v) is 8.39. The van der Waals surface area contributed by atoms with Crippen molar-refractivity contribution in [1.82, 2.24) is 10.2 Å². The lowest BCUT2D eigenvalue weighted by Gasteiger charge is -2.20. The Morgan fingerprint density at radius 1 is 1.25 bits per heavy atom. The summed E-state index contributed by atoms with van der Waals surface area (Å²) < 4.78 is 63.8. The second-order valence-corrected chi connectivity index (χ2v) is 6.62. The van der Waals surface area contributed by atoms with Crippen LogP contribution in [0.4, 0.5) is 27.6 Å². The Labute approximate surface area is 161 Å². The van der Waals surface area contributed by atoms with Crippen LogP contribution in [0.3, 0.4) is 0 Å². The number of rotatable bonds is 3.